The van der Waals surface area contributed by atoms with Gasteiger partial charge in [0.1, 0.15) is 10.9 Å². The summed E-state index contributed by atoms with van der Waals surface area (Å²) in [5.41, 5.74) is -0.181. The highest BCUT2D eigenvalue weighted by Crippen LogP contribution is 2.27. The minimum Gasteiger partial charge on any atom is -0.481 e. The Morgan fingerprint density at radius 2 is 2.00 bits per heavy atom. The maximum Gasteiger partial charge on any atom is 0.322 e. The molecule has 1 aromatic rings. The van der Waals surface area contributed by atoms with Crippen LogP contribution in [0, 0.1) is 10.1 Å². The summed E-state index contributed by atoms with van der Waals surface area (Å²) in [5, 5.41) is 28.1. The Kier molecular flexibility index (Phi) is 5.27. The molecule has 0 aliphatic rings. The molecule has 8 nitrogen and oxygen atoms in total. The lowest BCUT2D eigenvalue weighted by atomic mass is 10.2. The van der Waals surface area contributed by atoms with E-state index >= 15 is 0 Å². The molecule has 0 fully saturated rings. The summed E-state index contributed by atoms with van der Waals surface area (Å²) < 4.78 is 2.39. The number of para-hydroxylation sites is 1. The van der Waals surface area contributed by atoms with Crippen LogP contribution in [-0.4, -0.2) is 33.1 Å². The number of carboxylic acids is 2. The van der Waals surface area contributed by atoms with E-state index in [1.165, 1.54) is 18.2 Å². The van der Waals surface area contributed by atoms with Crippen LogP contribution in [0.3, 0.4) is 0 Å². The fourth-order valence-corrected chi connectivity index (χ4v) is 2.03. The number of hydrogen-bond donors (Lipinski definition) is 3. The molecule has 0 aliphatic heterocycles. The Bertz CT molecular complexity index is 507. The number of carbonyl (C=O) groups is 2. The first-order valence-electron chi connectivity index (χ1n) is 5.02. The summed E-state index contributed by atoms with van der Waals surface area (Å²) in [6, 6.07) is 4.42. The van der Waals surface area contributed by atoms with Crippen LogP contribution in [-0.2, 0) is 9.59 Å². The number of nitro groups is 1. The van der Waals surface area contributed by atoms with Crippen molar-refractivity contribution in [2.24, 2.45) is 0 Å². The van der Waals surface area contributed by atoms with Crippen molar-refractivity contribution < 1.29 is 24.7 Å². The standard InChI is InChI=1S/C10H10N2O6S/c13-9(14)5-6(10(15)16)11-19-8-4-2-1-3-7(8)12(17)18/h1-4,6,11H,5H2,(H,13,14)(H,15,16)/t6-/m0/s1. The molecule has 0 saturated carbocycles. The van der Waals surface area contributed by atoms with Crippen molar-refractivity contribution in [2.75, 3.05) is 0 Å². The van der Waals surface area contributed by atoms with Gasteiger partial charge in [-0.15, -0.1) is 0 Å². The van der Waals surface area contributed by atoms with Gasteiger partial charge in [0.05, 0.1) is 11.3 Å². The second kappa shape index (κ2) is 6.71. The van der Waals surface area contributed by atoms with Gasteiger partial charge in [-0.25, -0.2) is 4.72 Å². The van der Waals surface area contributed by atoms with E-state index in [2.05, 4.69) is 4.72 Å². The van der Waals surface area contributed by atoms with Crippen LogP contribution in [0.5, 0.6) is 0 Å². The average molecular weight is 286 g/mol. The molecule has 3 N–H and O–H groups in total. The van der Waals surface area contributed by atoms with Crippen molar-refractivity contribution in [3.05, 3.63) is 34.4 Å². The smallest absolute Gasteiger partial charge is 0.322 e. The number of rotatable bonds is 7. The number of aliphatic carboxylic acids is 2. The van der Waals surface area contributed by atoms with Crippen molar-refractivity contribution in [3.63, 3.8) is 0 Å². The van der Waals surface area contributed by atoms with Crippen LogP contribution < -0.4 is 4.72 Å². The van der Waals surface area contributed by atoms with Crippen LogP contribution in [0.15, 0.2) is 29.2 Å². The second-order valence-electron chi connectivity index (χ2n) is 3.43. The highest BCUT2D eigenvalue weighted by molar-refractivity contribution is 7.97. The first-order chi connectivity index (χ1) is 8.91. The van der Waals surface area contributed by atoms with Crippen LogP contribution in [0.25, 0.3) is 0 Å². The van der Waals surface area contributed by atoms with Gasteiger partial charge in [-0.05, 0) is 18.0 Å². The minimum absolute atomic E-state index is 0.181. The molecule has 0 saturated heterocycles. The maximum atomic E-state index is 10.8. The molecule has 0 bridgehead atoms. The third-order valence-corrected chi connectivity index (χ3v) is 3.02. The highest BCUT2D eigenvalue weighted by atomic mass is 32.2. The van der Waals surface area contributed by atoms with E-state index in [9.17, 15) is 19.7 Å². The lowest BCUT2D eigenvalue weighted by molar-refractivity contribution is -0.387. The maximum absolute atomic E-state index is 10.8. The zero-order chi connectivity index (χ0) is 14.4. The summed E-state index contributed by atoms with van der Waals surface area (Å²) in [6.07, 6.45) is -0.622. The quantitative estimate of drug-likeness (QED) is 0.386. The average Bonchev–Trinajstić information content (AvgIpc) is 2.34. The Labute approximate surface area is 111 Å². The van der Waals surface area contributed by atoms with Gasteiger partial charge < -0.3 is 10.2 Å². The van der Waals surface area contributed by atoms with Crippen LogP contribution in [0.4, 0.5) is 5.69 Å². The molecule has 0 unspecified atom stereocenters. The number of hydrogen-bond acceptors (Lipinski definition) is 6. The topological polar surface area (TPSA) is 130 Å². The molecular formula is C10H10N2O6S. The van der Waals surface area contributed by atoms with E-state index in [0.29, 0.717) is 0 Å². The normalized spacial score (nSPS) is 11.8. The molecule has 0 spiro atoms. The zero-order valence-electron chi connectivity index (χ0n) is 9.48. The Hall–Kier alpha value is -2.13. The summed E-state index contributed by atoms with van der Waals surface area (Å²) in [7, 11) is 0. The van der Waals surface area contributed by atoms with Gasteiger partial charge in [0.2, 0.25) is 0 Å². The third-order valence-electron chi connectivity index (χ3n) is 2.05. The lowest BCUT2D eigenvalue weighted by Crippen LogP contribution is -2.34. The molecule has 0 aliphatic carbocycles. The van der Waals surface area contributed by atoms with Crippen LogP contribution in [0.1, 0.15) is 6.42 Å². The SMILES string of the molecule is O=C(O)C[C@H](NSc1ccccc1[N+](=O)[O-])C(=O)O. The van der Waals surface area contributed by atoms with E-state index in [-0.39, 0.29) is 10.6 Å². The van der Waals surface area contributed by atoms with E-state index in [4.69, 9.17) is 10.2 Å². The van der Waals surface area contributed by atoms with Crippen LogP contribution >= 0.6 is 11.9 Å². The predicted octanol–water partition coefficient (Wildman–Crippen LogP) is 1.12. The van der Waals surface area contributed by atoms with E-state index in [1.807, 2.05) is 0 Å². The highest BCUT2D eigenvalue weighted by Gasteiger charge is 2.22. The van der Waals surface area contributed by atoms with Crippen LogP contribution in [0.2, 0.25) is 0 Å². The monoisotopic (exact) mass is 286 g/mol. The number of nitro benzene ring substituents is 1. The summed E-state index contributed by atoms with van der Waals surface area (Å²) in [5.74, 6) is -2.61. The fourth-order valence-electron chi connectivity index (χ4n) is 1.18. The van der Waals surface area contributed by atoms with E-state index in [0.717, 1.165) is 11.9 Å². The summed E-state index contributed by atoms with van der Waals surface area (Å²) in [6.45, 7) is 0. The van der Waals surface area contributed by atoms with Gasteiger partial charge in [0.25, 0.3) is 5.69 Å². The molecule has 1 rings (SSSR count). The summed E-state index contributed by atoms with van der Waals surface area (Å²) >= 11 is 0.718. The third kappa shape index (κ3) is 4.56. The predicted molar refractivity (Wildman–Crippen MR) is 65.8 cm³/mol. The molecule has 0 heterocycles. The minimum atomic E-state index is -1.34. The molecule has 0 radical (unpaired) electrons. The van der Waals surface area contributed by atoms with Crippen molar-refractivity contribution in [3.8, 4) is 0 Å². The second-order valence-corrected chi connectivity index (χ2v) is 4.31. The van der Waals surface area contributed by atoms with Crippen molar-refractivity contribution >= 4 is 29.6 Å². The molecule has 0 aromatic heterocycles. The molecule has 1 atom stereocenters. The van der Waals surface area contributed by atoms with E-state index < -0.39 is 29.3 Å². The van der Waals surface area contributed by atoms with Crippen molar-refractivity contribution in [1.29, 1.82) is 0 Å². The molecule has 0 amide bonds. The summed E-state index contributed by atoms with van der Waals surface area (Å²) in [4.78, 5) is 31.6. The van der Waals surface area contributed by atoms with Gasteiger partial charge in [0.15, 0.2) is 0 Å². The number of nitrogens with zero attached hydrogens (tertiary/aromatic N) is 1. The first kappa shape index (κ1) is 14.9. The molecule has 19 heavy (non-hydrogen) atoms. The Morgan fingerprint density at radius 1 is 1.37 bits per heavy atom. The molecule has 1 aromatic carbocycles. The van der Waals surface area contributed by atoms with Gasteiger partial charge in [-0.2, -0.15) is 0 Å². The van der Waals surface area contributed by atoms with Gasteiger partial charge >= 0.3 is 11.9 Å². The van der Waals surface area contributed by atoms with Crippen molar-refractivity contribution in [2.45, 2.75) is 17.4 Å². The number of benzene rings is 1. The van der Waals surface area contributed by atoms with Gasteiger partial charge in [-0.3, -0.25) is 19.7 Å². The van der Waals surface area contributed by atoms with Gasteiger partial charge in [0, 0.05) is 6.07 Å². The largest absolute Gasteiger partial charge is 0.481 e. The zero-order valence-corrected chi connectivity index (χ0v) is 10.3. The first-order valence-corrected chi connectivity index (χ1v) is 5.84. The van der Waals surface area contributed by atoms with Crippen molar-refractivity contribution in [1.82, 2.24) is 4.72 Å². The Morgan fingerprint density at radius 3 is 2.53 bits per heavy atom. The molecule has 9 heteroatoms. The Balaban J connectivity index is 2.77. The molecular weight excluding hydrogens is 276 g/mol. The van der Waals surface area contributed by atoms with Gasteiger partial charge in [-0.1, -0.05) is 12.1 Å². The lowest BCUT2D eigenvalue weighted by Gasteiger charge is -2.11. The fraction of sp³-hybridized carbons (Fsp3) is 0.200. The number of carboxylic acid groups (broad SMARTS) is 2. The number of nitrogens with one attached hydrogen (secondary N) is 1. The van der Waals surface area contributed by atoms with E-state index in [1.54, 1.807) is 6.07 Å². The molecule has 102 valence electrons.